The summed E-state index contributed by atoms with van der Waals surface area (Å²) in [5.41, 5.74) is 2.52. The Morgan fingerprint density at radius 3 is 2.57 bits per heavy atom. The molecule has 2 aliphatic heterocycles. The molecule has 0 N–H and O–H groups in total. The molecule has 0 unspecified atom stereocenters. The first kappa shape index (κ1) is 29.9. The monoisotopic (exact) mass is 637 g/mol. The summed E-state index contributed by atoms with van der Waals surface area (Å²) in [6.45, 7) is 1.96. The number of imidazole rings is 1. The second-order valence-electron chi connectivity index (χ2n) is 13.5. The molecule has 47 heavy (non-hydrogen) atoms. The van der Waals surface area contributed by atoms with E-state index >= 15 is 4.39 Å². The van der Waals surface area contributed by atoms with Gasteiger partial charge in [0.25, 0.3) is 5.91 Å². The van der Waals surface area contributed by atoms with E-state index in [1.54, 1.807) is 17.2 Å². The van der Waals surface area contributed by atoms with Gasteiger partial charge in [-0.3, -0.25) is 14.0 Å². The van der Waals surface area contributed by atoms with E-state index in [1.807, 2.05) is 33.7 Å². The quantitative estimate of drug-likeness (QED) is 0.204. The number of nitrogens with zero attached hydrogens (tertiary/aromatic N) is 5. The highest BCUT2D eigenvalue weighted by molar-refractivity contribution is 5.87. The SMILES string of the molecule is O=C(CN(C[C@@H](c1ccccc1)C1CCC1)C(=O)[C@H]1CCc2cc(F)c(Oc3ccn4c(C5CC5)ncc4n3)cc2O1)N1CCCC1. The summed E-state index contributed by atoms with van der Waals surface area (Å²) < 4.78 is 29.4. The maximum atomic E-state index is 15.2. The van der Waals surface area contributed by atoms with Gasteiger partial charge in [0.1, 0.15) is 11.6 Å². The minimum absolute atomic E-state index is 0.0165. The number of ether oxygens (including phenoxy) is 2. The van der Waals surface area contributed by atoms with E-state index in [0.717, 1.165) is 57.4 Å². The molecule has 8 rings (SSSR count). The summed E-state index contributed by atoms with van der Waals surface area (Å²) in [6.07, 6.45) is 11.3. The third-order valence-corrected chi connectivity index (χ3v) is 10.3. The number of carbonyl (C=O) groups is 2. The number of hydrogen-bond donors (Lipinski definition) is 0. The van der Waals surface area contributed by atoms with Crippen LogP contribution in [-0.4, -0.2) is 68.3 Å². The van der Waals surface area contributed by atoms with Crippen LogP contribution in [0.1, 0.15) is 80.2 Å². The van der Waals surface area contributed by atoms with Gasteiger partial charge in [-0.05, 0) is 74.5 Å². The number of hydrogen-bond acceptors (Lipinski definition) is 6. The van der Waals surface area contributed by atoms with Crippen molar-refractivity contribution in [3.8, 4) is 17.4 Å². The fourth-order valence-corrected chi connectivity index (χ4v) is 7.31. The molecule has 1 saturated heterocycles. The van der Waals surface area contributed by atoms with Crippen molar-refractivity contribution >= 4 is 17.5 Å². The van der Waals surface area contributed by atoms with E-state index in [-0.39, 0.29) is 35.9 Å². The van der Waals surface area contributed by atoms with E-state index in [4.69, 9.17) is 9.47 Å². The Bertz CT molecular complexity index is 1780. The maximum Gasteiger partial charge on any atom is 0.264 e. The van der Waals surface area contributed by atoms with Crippen molar-refractivity contribution in [2.45, 2.75) is 75.7 Å². The molecule has 2 aliphatic carbocycles. The molecular weight excluding hydrogens is 597 g/mol. The molecule has 0 spiro atoms. The Labute approximate surface area is 273 Å². The van der Waals surface area contributed by atoms with E-state index in [9.17, 15) is 9.59 Å². The molecule has 2 aromatic heterocycles. The zero-order chi connectivity index (χ0) is 31.9. The van der Waals surface area contributed by atoms with Crippen molar-refractivity contribution in [1.29, 1.82) is 0 Å². The van der Waals surface area contributed by atoms with Gasteiger partial charge in [0.2, 0.25) is 11.8 Å². The van der Waals surface area contributed by atoms with Crippen LogP contribution < -0.4 is 9.47 Å². The van der Waals surface area contributed by atoms with Gasteiger partial charge in [0, 0.05) is 49.8 Å². The van der Waals surface area contributed by atoms with Crippen LogP contribution in [0.4, 0.5) is 4.39 Å². The Morgan fingerprint density at radius 2 is 1.83 bits per heavy atom. The van der Waals surface area contributed by atoms with Crippen molar-refractivity contribution in [2.75, 3.05) is 26.2 Å². The van der Waals surface area contributed by atoms with E-state index < -0.39 is 11.9 Å². The molecule has 2 amide bonds. The second kappa shape index (κ2) is 12.6. The molecule has 4 heterocycles. The number of fused-ring (bicyclic) bond motifs is 2. The lowest BCUT2D eigenvalue weighted by molar-refractivity contribution is -0.145. The number of carbonyl (C=O) groups excluding carboxylic acids is 2. The van der Waals surface area contributed by atoms with Crippen LogP contribution in [0.15, 0.2) is 60.9 Å². The van der Waals surface area contributed by atoms with E-state index in [0.29, 0.717) is 48.2 Å². The topological polar surface area (TPSA) is 89.3 Å². The number of aromatic nitrogens is 3. The molecule has 4 aliphatic rings. The highest BCUT2D eigenvalue weighted by Crippen LogP contribution is 2.41. The molecule has 2 aromatic carbocycles. The van der Waals surface area contributed by atoms with Crippen molar-refractivity contribution in [2.24, 2.45) is 5.92 Å². The van der Waals surface area contributed by atoms with Gasteiger partial charge in [-0.15, -0.1) is 0 Å². The van der Waals surface area contributed by atoms with Crippen LogP contribution in [0.5, 0.6) is 17.4 Å². The van der Waals surface area contributed by atoms with E-state index in [2.05, 4.69) is 22.1 Å². The fourth-order valence-electron chi connectivity index (χ4n) is 7.31. The largest absolute Gasteiger partial charge is 0.480 e. The average Bonchev–Trinajstić information content (AvgIpc) is 3.57. The summed E-state index contributed by atoms with van der Waals surface area (Å²) in [5.74, 6) is 1.98. The molecule has 10 heteroatoms. The van der Waals surface area contributed by atoms with Gasteiger partial charge < -0.3 is 19.3 Å². The molecule has 0 radical (unpaired) electrons. The maximum absolute atomic E-state index is 15.2. The van der Waals surface area contributed by atoms with Crippen molar-refractivity contribution < 1.29 is 23.5 Å². The van der Waals surface area contributed by atoms with Crippen LogP contribution in [0.3, 0.4) is 0 Å². The van der Waals surface area contributed by atoms with Crippen molar-refractivity contribution in [3.63, 3.8) is 0 Å². The lowest BCUT2D eigenvalue weighted by atomic mass is 9.72. The predicted octanol–water partition coefficient (Wildman–Crippen LogP) is 6.27. The van der Waals surface area contributed by atoms with Gasteiger partial charge in [-0.1, -0.05) is 36.8 Å². The first-order valence-electron chi connectivity index (χ1n) is 17.1. The van der Waals surface area contributed by atoms with Crippen LogP contribution in [0.2, 0.25) is 0 Å². The molecule has 0 bridgehead atoms. The number of aryl methyl sites for hydroxylation is 1. The number of halogens is 1. The lowest BCUT2D eigenvalue weighted by Gasteiger charge is -2.39. The van der Waals surface area contributed by atoms with Gasteiger partial charge >= 0.3 is 0 Å². The summed E-state index contributed by atoms with van der Waals surface area (Å²) in [4.78, 5) is 40.3. The summed E-state index contributed by atoms with van der Waals surface area (Å²) in [6, 6.07) is 15.0. The van der Waals surface area contributed by atoms with E-state index in [1.165, 1.54) is 24.1 Å². The minimum atomic E-state index is -0.785. The number of benzene rings is 2. The Morgan fingerprint density at radius 1 is 1.02 bits per heavy atom. The first-order chi connectivity index (χ1) is 23.0. The second-order valence-corrected chi connectivity index (χ2v) is 13.5. The highest BCUT2D eigenvalue weighted by Gasteiger charge is 2.37. The smallest absolute Gasteiger partial charge is 0.264 e. The van der Waals surface area contributed by atoms with Crippen molar-refractivity contribution in [1.82, 2.24) is 24.2 Å². The molecule has 4 aromatic rings. The summed E-state index contributed by atoms with van der Waals surface area (Å²) in [7, 11) is 0. The summed E-state index contributed by atoms with van der Waals surface area (Å²) in [5, 5.41) is 0. The third-order valence-electron chi connectivity index (χ3n) is 10.3. The zero-order valence-electron chi connectivity index (χ0n) is 26.5. The molecule has 9 nitrogen and oxygen atoms in total. The van der Waals surface area contributed by atoms with Crippen LogP contribution >= 0.6 is 0 Å². The predicted molar refractivity (Wildman–Crippen MR) is 173 cm³/mol. The third kappa shape index (κ3) is 6.17. The first-order valence-corrected chi connectivity index (χ1v) is 17.1. The van der Waals surface area contributed by atoms with Gasteiger partial charge in [-0.25, -0.2) is 9.37 Å². The zero-order valence-corrected chi connectivity index (χ0v) is 26.5. The molecule has 2 atom stereocenters. The Balaban J connectivity index is 1.02. The average molecular weight is 638 g/mol. The highest BCUT2D eigenvalue weighted by atomic mass is 19.1. The number of rotatable bonds is 10. The molecule has 3 fully saturated rings. The fraction of sp³-hybridized carbons (Fsp3) is 0.459. The Hall–Kier alpha value is -4.47. The standard InChI is InChI=1S/C37H40FN5O4/c38-29-19-27-13-14-30(46-31(27)20-32(29)47-34-15-18-43-33(40-34)21-39-36(43)26-11-12-26)37(45)42(23-35(44)41-16-4-5-17-41)22-28(25-9-6-10-25)24-7-2-1-3-8-24/h1-3,7-8,15,18-21,25-26,28,30H,4-6,9-14,16-17,22-23H2/t28-,30+/m0/s1. The molecular formula is C37H40FN5O4. The van der Waals surface area contributed by atoms with Crippen LogP contribution in [0, 0.1) is 11.7 Å². The van der Waals surface area contributed by atoms with Gasteiger partial charge in [0.15, 0.2) is 23.3 Å². The van der Waals surface area contributed by atoms with Crippen LogP contribution in [0.25, 0.3) is 5.65 Å². The lowest BCUT2D eigenvalue weighted by Crippen LogP contribution is -2.50. The van der Waals surface area contributed by atoms with Crippen LogP contribution in [-0.2, 0) is 16.0 Å². The number of amides is 2. The number of likely N-dealkylation sites (tertiary alicyclic amines) is 1. The molecule has 2 saturated carbocycles. The van der Waals surface area contributed by atoms with Crippen molar-refractivity contribution in [3.05, 3.63) is 83.7 Å². The minimum Gasteiger partial charge on any atom is -0.480 e. The molecule has 244 valence electrons. The normalized spacial score (nSPS) is 19.9. The van der Waals surface area contributed by atoms with Gasteiger partial charge in [-0.2, -0.15) is 4.98 Å². The Kier molecular flexibility index (Phi) is 8.03. The van der Waals surface area contributed by atoms with Gasteiger partial charge in [0.05, 0.1) is 12.7 Å². The summed E-state index contributed by atoms with van der Waals surface area (Å²) >= 11 is 0.